The lowest BCUT2D eigenvalue weighted by molar-refractivity contribution is 0.0953. The van der Waals surface area contributed by atoms with Gasteiger partial charge in [0.15, 0.2) is 0 Å². The Hall–Kier alpha value is -2.84. The van der Waals surface area contributed by atoms with E-state index in [1.165, 1.54) is 51.4 Å². The number of hydrogen-bond acceptors (Lipinski definition) is 4. The molecule has 0 aliphatic rings. The summed E-state index contributed by atoms with van der Waals surface area (Å²) in [7, 11) is -2.09. The van der Waals surface area contributed by atoms with E-state index in [2.05, 4.69) is 16.8 Å². The molecule has 3 aromatic rings. The van der Waals surface area contributed by atoms with E-state index in [0.717, 1.165) is 40.6 Å². The maximum atomic E-state index is 12.8. The number of rotatable bonds is 15. The van der Waals surface area contributed by atoms with Crippen molar-refractivity contribution in [2.45, 2.75) is 78.1 Å². The first-order valence-corrected chi connectivity index (χ1v) is 14.9. The minimum absolute atomic E-state index is 0.0490. The second-order valence-corrected chi connectivity index (χ2v) is 11.0. The zero-order valence-corrected chi connectivity index (χ0v) is 23.2. The highest BCUT2D eigenvalue weighted by Gasteiger charge is 2.16. The number of nitrogens with zero attached hydrogens (tertiary/aromatic N) is 1. The van der Waals surface area contributed by atoms with Gasteiger partial charge in [0.05, 0.1) is 5.69 Å². The van der Waals surface area contributed by atoms with Crippen LogP contribution in [0.1, 0.15) is 87.1 Å². The molecule has 37 heavy (non-hydrogen) atoms. The number of nitrogens with one attached hydrogen (secondary N) is 1. The van der Waals surface area contributed by atoms with Crippen LogP contribution in [0.5, 0.6) is 5.75 Å². The molecule has 3 rings (SSSR count). The highest BCUT2D eigenvalue weighted by molar-refractivity contribution is 7.84. The van der Waals surface area contributed by atoms with Gasteiger partial charge < -0.3 is 14.1 Å². The first-order chi connectivity index (χ1) is 17.7. The molecule has 7 nitrogen and oxygen atoms in total. The lowest BCUT2D eigenvalue weighted by Gasteiger charge is -2.08. The molecule has 1 heterocycles. The monoisotopic (exact) mass is 527 g/mol. The smallest absolute Gasteiger partial charge is 0.371 e. The number of unbranched alkanes of at least 4 members (excludes halogenated alkanes) is 9. The number of amides is 1. The molecule has 8 heteroatoms. The van der Waals surface area contributed by atoms with Crippen molar-refractivity contribution < 1.29 is 17.4 Å². The van der Waals surface area contributed by atoms with E-state index in [0.29, 0.717) is 12.1 Å². The molecule has 1 aromatic heterocycles. The zero-order valence-electron chi connectivity index (χ0n) is 22.4. The van der Waals surface area contributed by atoms with Gasteiger partial charge in [-0.1, -0.05) is 64.7 Å². The summed E-state index contributed by atoms with van der Waals surface area (Å²) in [5.74, 6) is 0.108. The third-order valence-corrected chi connectivity index (χ3v) is 7.30. The lowest BCUT2D eigenvalue weighted by Crippen LogP contribution is -2.24. The van der Waals surface area contributed by atoms with Gasteiger partial charge in [0.1, 0.15) is 5.75 Å². The van der Waals surface area contributed by atoms with Crippen molar-refractivity contribution in [3.8, 4) is 17.0 Å². The van der Waals surface area contributed by atoms with Gasteiger partial charge in [0.25, 0.3) is 5.91 Å². The molecule has 0 spiro atoms. The molecular weight excluding hydrogens is 486 g/mol. The molecular formula is C29H41N3O4S. The van der Waals surface area contributed by atoms with Crippen LogP contribution < -0.4 is 14.6 Å². The fourth-order valence-electron chi connectivity index (χ4n) is 4.90. The maximum absolute atomic E-state index is 12.8. The number of aromatic nitrogens is 1. The van der Waals surface area contributed by atoms with E-state index in [-0.39, 0.29) is 11.7 Å². The summed E-state index contributed by atoms with van der Waals surface area (Å²) >= 11 is 0. The van der Waals surface area contributed by atoms with Crippen molar-refractivity contribution >= 4 is 27.1 Å². The summed E-state index contributed by atoms with van der Waals surface area (Å²) in [6.07, 6.45) is 12.7. The molecule has 2 aromatic carbocycles. The first kappa shape index (κ1) is 28.7. The van der Waals surface area contributed by atoms with Crippen LogP contribution in [-0.2, 0) is 17.4 Å². The Labute approximate surface area is 221 Å². The summed E-state index contributed by atoms with van der Waals surface area (Å²) in [5.41, 5.74) is 4.60. The summed E-state index contributed by atoms with van der Waals surface area (Å²) < 4.78 is 29.1. The topological polar surface area (TPSA) is 103 Å². The number of fused-ring (bicyclic) bond motifs is 1. The van der Waals surface area contributed by atoms with Crippen molar-refractivity contribution in [2.75, 3.05) is 6.54 Å². The molecule has 1 amide bonds. The van der Waals surface area contributed by atoms with Crippen LogP contribution in [0, 0.1) is 6.92 Å². The molecule has 0 aliphatic carbocycles. The second-order valence-electron chi connectivity index (χ2n) is 9.80. The molecule has 0 atom stereocenters. The molecule has 202 valence electrons. The molecule has 3 N–H and O–H groups in total. The largest absolute Gasteiger partial charge is 0.380 e. The Morgan fingerprint density at radius 1 is 0.919 bits per heavy atom. The van der Waals surface area contributed by atoms with Crippen LogP contribution >= 0.6 is 0 Å². The van der Waals surface area contributed by atoms with Crippen LogP contribution in [-0.4, -0.2) is 25.4 Å². The van der Waals surface area contributed by atoms with Crippen LogP contribution in [0.25, 0.3) is 22.2 Å². The van der Waals surface area contributed by atoms with E-state index < -0.39 is 10.3 Å². The number of aryl methyl sites for hydroxylation is 2. The summed E-state index contributed by atoms with van der Waals surface area (Å²) in [5, 5.41) is 9.02. The minimum atomic E-state index is -4.07. The molecule has 0 bridgehead atoms. The fraction of sp³-hybridized carbons (Fsp3) is 0.483. The number of benzene rings is 2. The third kappa shape index (κ3) is 8.33. The maximum Gasteiger partial charge on any atom is 0.380 e. The van der Waals surface area contributed by atoms with E-state index in [1.54, 1.807) is 24.3 Å². The summed E-state index contributed by atoms with van der Waals surface area (Å²) in [6.45, 7) is 4.97. The zero-order chi connectivity index (χ0) is 26.8. The van der Waals surface area contributed by atoms with Crippen molar-refractivity contribution in [2.24, 2.45) is 12.2 Å². The van der Waals surface area contributed by atoms with Crippen molar-refractivity contribution in [3.05, 3.63) is 53.6 Å². The van der Waals surface area contributed by atoms with E-state index >= 15 is 0 Å². The number of carbonyl (C=O) groups excluding carboxylic acids is 1. The Morgan fingerprint density at radius 3 is 2.11 bits per heavy atom. The van der Waals surface area contributed by atoms with Gasteiger partial charge in [0, 0.05) is 30.1 Å². The van der Waals surface area contributed by atoms with Gasteiger partial charge >= 0.3 is 10.3 Å². The quantitative estimate of drug-likeness (QED) is 0.224. The van der Waals surface area contributed by atoms with E-state index in [1.807, 2.05) is 32.2 Å². The molecule has 0 saturated heterocycles. The molecule has 0 fully saturated rings. The Kier molecular flexibility index (Phi) is 10.6. The predicted molar refractivity (Wildman–Crippen MR) is 151 cm³/mol. The average Bonchev–Trinajstić information content (AvgIpc) is 3.11. The molecule has 0 radical (unpaired) electrons. The van der Waals surface area contributed by atoms with E-state index in [9.17, 15) is 13.2 Å². The number of hydrogen-bond donors (Lipinski definition) is 2. The standard InChI is InChI=1S/C29H41N3O4S/c1-4-5-6-7-8-9-10-11-12-13-20-31-29(33)24-16-19-27-26(21-24)22(2)28(32(27)3)23-14-17-25(18-15-23)36-37(30,34)35/h14-19,21H,4-13,20H2,1-3H3,(H,31,33)(H2,30,34,35). The highest BCUT2D eigenvalue weighted by atomic mass is 32.2. The van der Waals surface area contributed by atoms with Gasteiger partial charge in [0.2, 0.25) is 0 Å². The molecule has 0 aliphatic heterocycles. The van der Waals surface area contributed by atoms with Crippen LogP contribution in [0.3, 0.4) is 0 Å². The van der Waals surface area contributed by atoms with Gasteiger partial charge in [-0.15, -0.1) is 0 Å². The van der Waals surface area contributed by atoms with Crippen molar-refractivity contribution in [1.29, 1.82) is 0 Å². The van der Waals surface area contributed by atoms with Gasteiger partial charge in [-0.3, -0.25) is 4.79 Å². The Morgan fingerprint density at radius 2 is 1.51 bits per heavy atom. The number of nitrogens with two attached hydrogens (primary N) is 1. The minimum Gasteiger partial charge on any atom is -0.371 e. The first-order valence-electron chi connectivity index (χ1n) is 13.4. The van der Waals surface area contributed by atoms with Gasteiger partial charge in [-0.25, -0.2) is 0 Å². The van der Waals surface area contributed by atoms with Gasteiger partial charge in [-0.05, 0) is 66.9 Å². The predicted octanol–water partition coefficient (Wildman–Crippen LogP) is 6.39. The highest BCUT2D eigenvalue weighted by Crippen LogP contribution is 2.33. The fourth-order valence-corrected chi connectivity index (χ4v) is 5.28. The van der Waals surface area contributed by atoms with Crippen LogP contribution in [0.4, 0.5) is 0 Å². The Bertz CT molecular complexity index is 1280. The average molecular weight is 528 g/mol. The Balaban J connectivity index is 1.55. The SMILES string of the molecule is CCCCCCCCCCCCNC(=O)c1ccc2c(c1)c(C)c(-c1ccc(OS(N)(=O)=O)cc1)n2C. The summed E-state index contributed by atoms with van der Waals surface area (Å²) in [6, 6.07) is 12.5. The van der Waals surface area contributed by atoms with Crippen LogP contribution in [0.15, 0.2) is 42.5 Å². The normalized spacial score (nSPS) is 11.7. The lowest BCUT2D eigenvalue weighted by atomic mass is 10.0. The van der Waals surface area contributed by atoms with E-state index in [4.69, 9.17) is 9.32 Å². The van der Waals surface area contributed by atoms with Crippen molar-refractivity contribution in [3.63, 3.8) is 0 Å². The third-order valence-electron chi connectivity index (χ3n) is 6.87. The molecule has 0 unspecified atom stereocenters. The second kappa shape index (κ2) is 13.6. The van der Waals surface area contributed by atoms with Crippen molar-refractivity contribution in [1.82, 2.24) is 9.88 Å². The molecule has 0 saturated carbocycles. The van der Waals surface area contributed by atoms with Crippen LogP contribution in [0.2, 0.25) is 0 Å². The summed E-state index contributed by atoms with van der Waals surface area (Å²) in [4.78, 5) is 12.8. The number of carbonyl (C=O) groups is 1. The van der Waals surface area contributed by atoms with Gasteiger partial charge in [-0.2, -0.15) is 13.6 Å².